The third-order valence-electron chi connectivity index (χ3n) is 5.23. The third-order valence-corrected chi connectivity index (χ3v) is 5.52. The van der Waals surface area contributed by atoms with Gasteiger partial charge in [-0.1, -0.05) is 12.1 Å². The van der Waals surface area contributed by atoms with Crippen LogP contribution in [0.3, 0.4) is 0 Å². The van der Waals surface area contributed by atoms with Crippen LogP contribution >= 0.6 is 11.6 Å². The van der Waals surface area contributed by atoms with Crippen LogP contribution < -0.4 is 5.56 Å². The number of rotatable bonds is 2. The second kappa shape index (κ2) is 7.37. The number of fused-ring (bicyclic) bond motifs is 3. The molecule has 0 aliphatic carbocycles. The Hall–Kier alpha value is -2.54. The van der Waals surface area contributed by atoms with Gasteiger partial charge < -0.3 is 9.64 Å². The van der Waals surface area contributed by atoms with Crippen LogP contribution in [0.25, 0.3) is 16.6 Å². The maximum atomic E-state index is 12.9. The second-order valence-corrected chi connectivity index (χ2v) is 8.70. The van der Waals surface area contributed by atoms with Crippen molar-refractivity contribution in [1.82, 2.24) is 19.1 Å². The Labute approximate surface area is 173 Å². The van der Waals surface area contributed by atoms with Crippen molar-refractivity contribution in [2.45, 2.75) is 51.1 Å². The minimum absolute atomic E-state index is 0.0202. The van der Waals surface area contributed by atoms with E-state index in [1.54, 1.807) is 21.7 Å². The van der Waals surface area contributed by atoms with Gasteiger partial charge in [-0.2, -0.15) is 5.10 Å². The van der Waals surface area contributed by atoms with E-state index in [1.807, 2.05) is 43.5 Å². The molecule has 1 fully saturated rings. The van der Waals surface area contributed by atoms with Gasteiger partial charge in [0.2, 0.25) is 0 Å². The Morgan fingerprint density at radius 1 is 1.24 bits per heavy atom. The summed E-state index contributed by atoms with van der Waals surface area (Å²) in [5.74, 6) is 0.346. The zero-order valence-corrected chi connectivity index (χ0v) is 17.6. The van der Waals surface area contributed by atoms with Crippen LogP contribution in [0.2, 0.25) is 0 Å². The van der Waals surface area contributed by atoms with Gasteiger partial charge in [-0.05, 0) is 45.2 Å². The fraction of sp³-hybridized carbons (Fsp3) is 0.476. The average Bonchev–Trinajstić information content (AvgIpc) is 3.05. The highest BCUT2D eigenvalue weighted by molar-refractivity contribution is 6.18. The molecule has 4 rings (SSSR count). The maximum Gasteiger partial charge on any atom is 0.410 e. The summed E-state index contributed by atoms with van der Waals surface area (Å²) >= 11 is 6.17. The number of aromatic nitrogens is 3. The summed E-state index contributed by atoms with van der Waals surface area (Å²) in [7, 11) is 0. The fourth-order valence-electron chi connectivity index (χ4n) is 3.96. The molecule has 3 aromatic rings. The molecule has 29 heavy (non-hydrogen) atoms. The standard InChI is InChI=1S/C21H25ClN4O3/c1-21(2,3)29-20(28)24-10-7-15(8-11-24)26-17(27)9-12-25-19(26)18-14(13-22)5-4-6-16(18)23-25/h4-6,9,12,15H,7-8,10-11,13H2,1-3H3. The van der Waals surface area contributed by atoms with Crippen LogP contribution in [0, 0.1) is 0 Å². The SMILES string of the molecule is CC(C)(C)OC(=O)N1CCC(n2c(=O)ccn3nc4cccc(CCl)c4c23)CC1. The van der Waals surface area contributed by atoms with Crippen molar-refractivity contribution in [2.75, 3.05) is 13.1 Å². The fourth-order valence-corrected chi connectivity index (χ4v) is 4.18. The molecule has 1 amide bonds. The largest absolute Gasteiger partial charge is 0.444 e. The molecule has 8 heteroatoms. The van der Waals surface area contributed by atoms with Crippen LogP contribution in [0.4, 0.5) is 4.79 Å². The number of piperidine rings is 1. The number of alkyl halides is 1. The van der Waals surface area contributed by atoms with E-state index >= 15 is 0 Å². The van der Waals surface area contributed by atoms with Crippen molar-refractivity contribution >= 4 is 34.2 Å². The van der Waals surface area contributed by atoms with Crippen LogP contribution in [-0.2, 0) is 10.6 Å². The number of hydrogen-bond acceptors (Lipinski definition) is 4. The molecule has 1 saturated heterocycles. The van der Waals surface area contributed by atoms with Crippen LogP contribution in [0.1, 0.15) is 45.2 Å². The predicted molar refractivity (Wildman–Crippen MR) is 113 cm³/mol. The second-order valence-electron chi connectivity index (χ2n) is 8.44. The Bertz CT molecular complexity index is 1120. The van der Waals surface area contributed by atoms with Crippen molar-refractivity contribution in [2.24, 2.45) is 0 Å². The van der Waals surface area contributed by atoms with Crippen molar-refractivity contribution < 1.29 is 9.53 Å². The lowest BCUT2D eigenvalue weighted by molar-refractivity contribution is 0.0188. The van der Waals surface area contributed by atoms with Gasteiger partial charge >= 0.3 is 6.09 Å². The smallest absolute Gasteiger partial charge is 0.410 e. The van der Waals surface area contributed by atoms with Crippen LogP contribution in [0.15, 0.2) is 35.3 Å². The number of carbonyl (C=O) groups excluding carboxylic acids is 1. The summed E-state index contributed by atoms with van der Waals surface area (Å²) < 4.78 is 9.05. The van der Waals surface area contributed by atoms with Gasteiger partial charge in [-0.3, -0.25) is 9.36 Å². The van der Waals surface area contributed by atoms with Gasteiger partial charge in [-0.25, -0.2) is 9.31 Å². The third kappa shape index (κ3) is 3.71. The predicted octanol–water partition coefficient (Wildman–Crippen LogP) is 3.96. The lowest BCUT2D eigenvalue weighted by atomic mass is 10.0. The lowest BCUT2D eigenvalue weighted by Gasteiger charge is -2.34. The lowest BCUT2D eigenvalue weighted by Crippen LogP contribution is -2.43. The van der Waals surface area contributed by atoms with E-state index in [1.165, 1.54) is 0 Å². The van der Waals surface area contributed by atoms with Gasteiger partial charge in [0.15, 0.2) is 0 Å². The van der Waals surface area contributed by atoms with Crippen molar-refractivity contribution in [3.8, 4) is 0 Å². The summed E-state index contributed by atoms with van der Waals surface area (Å²) in [6, 6.07) is 7.34. The highest BCUT2D eigenvalue weighted by atomic mass is 35.5. The summed E-state index contributed by atoms with van der Waals surface area (Å²) in [4.78, 5) is 26.9. The number of nitrogens with zero attached hydrogens (tertiary/aromatic N) is 4. The van der Waals surface area contributed by atoms with E-state index in [-0.39, 0.29) is 17.7 Å². The number of hydrogen-bond donors (Lipinski definition) is 0. The van der Waals surface area contributed by atoms with E-state index in [4.69, 9.17) is 16.3 Å². The molecule has 0 radical (unpaired) electrons. The molecule has 1 aliphatic rings. The topological polar surface area (TPSA) is 68.8 Å². The number of carbonyl (C=O) groups is 1. The van der Waals surface area contributed by atoms with Gasteiger partial charge in [0.25, 0.3) is 5.56 Å². The van der Waals surface area contributed by atoms with Gasteiger partial charge in [0, 0.05) is 42.7 Å². The molecule has 0 atom stereocenters. The molecule has 2 aromatic heterocycles. The number of halogens is 1. The molecule has 1 aromatic carbocycles. The Morgan fingerprint density at radius 3 is 2.62 bits per heavy atom. The van der Waals surface area contributed by atoms with Gasteiger partial charge in [0.05, 0.1) is 5.52 Å². The van der Waals surface area contributed by atoms with E-state index in [9.17, 15) is 9.59 Å². The minimum Gasteiger partial charge on any atom is -0.444 e. The van der Waals surface area contributed by atoms with Gasteiger partial charge in [0.1, 0.15) is 11.2 Å². The molecule has 0 N–H and O–H groups in total. The highest BCUT2D eigenvalue weighted by Gasteiger charge is 2.29. The number of likely N-dealkylation sites (tertiary alicyclic amines) is 1. The molecular weight excluding hydrogens is 392 g/mol. The monoisotopic (exact) mass is 416 g/mol. The molecule has 0 bridgehead atoms. The molecule has 154 valence electrons. The Morgan fingerprint density at radius 2 is 1.97 bits per heavy atom. The van der Waals surface area contributed by atoms with Crippen molar-refractivity contribution in [3.63, 3.8) is 0 Å². The summed E-state index contributed by atoms with van der Waals surface area (Å²) in [6.07, 6.45) is 2.74. The average molecular weight is 417 g/mol. The Balaban J connectivity index is 1.69. The zero-order valence-electron chi connectivity index (χ0n) is 16.9. The first-order valence-corrected chi connectivity index (χ1v) is 10.4. The van der Waals surface area contributed by atoms with Crippen LogP contribution in [0.5, 0.6) is 0 Å². The van der Waals surface area contributed by atoms with Crippen LogP contribution in [-0.4, -0.2) is 43.9 Å². The summed E-state index contributed by atoms with van der Waals surface area (Å²) in [5.41, 5.74) is 1.93. The first-order valence-electron chi connectivity index (χ1n) is 9.84. The molecule has 7 nitrogen and oxygen atoms in total. The normalized spacial score (nSPS) is 15.9. The Kier molecular flexibility index (Phi) is 5.02. The minimum atomic E-state index is -0.523. The quantitative estimate of drug-likeness (QED) is 0.593. The first-order chi connectivity index (χ1) is 13.8. The zero-order chi connectivity index (χ0) is 20.8. The molecule has 3 heterocycles. The molecule has 0 spiro atoms. The number of amides is 1. The summed E-state index contributed by atoms with van der Waals surface area (Å²) in [6.45, 7) is 6.66. The van der Waals surface area contributed by atoms with E-state index in [0.717, 1.165) is 22.1 Å². The van der Waals surface area contributed by atoms with E-state index < -0.39 is 5.60 Å². The first kappa shape index (κ1) is 19.8. The van der Waals surface area contributed by atoms with Crippen molar-refractivity contribution in [1.29, 1.82) is 0 Å². The highest BCUT2D eigenvalue weighted by Crippen LogP contribution is 2.29. The van der Waals surface area contributed by atoms with Gasteiger partial charge in [-0.15, -0.1) is 11.6 Å². The maximum absolute atomic E-state index is 12.9. The molecule has 0 unspecified atom stereocenters. The molecule has 1 aliphatic heterocycles. The number of benzene rings is 1. The van der Waals surface area contributed by atoms with E-state index in [0.29, 0.717) is 31.8 Å². The van der Waals surface area contributed by atoms with E-state index in [2.05, 4.69) is 5.10 Å². The summed E-state index contributed by atoms with van der Waals surface area (Å²) in [5, 5.41) is 5.53. The molecular formula is C21H25ClN4O3. The van der Waals surface area contributed by atoms with Crippen molar-refractivity contribution in [3.05, 3.63) is 46.4 Å². The molecule has 0 saturated carbocycles. The number of ether oxygens (including phenoxy) is 1.